The van der Waals surface area contributed by atoms with Crippen LogP contribution in [-0.2, 0) is 22.5 Å². The van der Waals surface area contributed by atoms with Crippen LogP contribution in [-0.4, -0.2) is 35.0 Å². The number of carboxylic acid groups (broad SMARTS) is 1. The quantitative estimate of drug-likeness (QED) is 0.181. The van der Waals surface area contributed by atoms with Gasteiger partial charge in [0.15, 0.2) is 6.61 Å². The van der Waals surface area contributed by atoms with Crippen LogP contribution in [0.25, 0.3) is 11.1 Å². The first-order chi connectivity index (χ1) is 17.2. The average molecular weight is 467 g/mol. The van der Waals surface area contributed by atoms with Crippen molar-refractivity contribution in [3.63, 3.8) is 0 Å². The fourth-order valence-electron chi connectivity index (χ4n) is 3.61. The minimum Gasteiger partial charge on any atom is -0.490 e. The number of aliphatic carboxylic acids is 1. The minimum atomic E-state index is -0.877. The molecule has 0 bridgehead atoms. The van der Waals surface area contributed by atoms with E-state index in [0.29, 0.717) is 17.7 Å². The van der Waals surface area contributed by atoms with Gasteiger partial charge in [0, 0.05) is 18.8 Å². The first-order valence-corrected chi connectivity index (χ1v) is 11.3. The molecule has 1 heterocycles. The summed E-state index contributed by atoms with van der Waals surface area (Å²) in [7, 11) is 0. The van der Waals surface area contributed by atoms with Gasteiger partial charge < -0.3 is 14.7 Å². The molecule has 0 spiro atoms. The van der Waals surface area contributed by atoms with E-state index in [-0.39, 0.29) is 19.6 Å². The summed E-state index contributed by atoms with van der Waals surface area (Å²) < 4.78 is 5.70. The molecule has 0 saturated carbocycles. The SMILES string of the molecule is O=C(O)Cc1cccc(OCCO/N=C(\Cc2ccncc2)c2ccc(-c3ccccc3)cc2)c1. The molecule has 0 atom stereocenters. The molecule has 0 aliphatic heterocycles. The van der Waals surface area contributed by atoms with Crippen LogP contribution < -0.4 is 4.74 Å². The summed E-state index contributed by atoms with van der Waals surface area (Å²) in [5, 5.41) is 13.4. The fraction of sp³-hybridized carbons (Fsp3) is 0.138. The maximum atomic E-state index is 10.9. The Morgan fingerprint density at radius 1 is 0.771 bits per heavy atom. The predicted molar refractivity (Wildman–Crippen MR) is 136 cm³/mol. The molecular weight excluding hydrogens is 440 g/mol. The maximum Gasteiger partial charge on any atom is 0.307 e. The summed E-state index contributed by atoms with van der Waals surface area (Å²) in [4.78, 5) is 20.6. The van der Waals surface area contributed by atoms with Gasteiger partial charge in [-0.25, -0.2) is 0 Å². The van der Waals surface area contributed by atoms with E-state index in [1.165, 1.54) is 0 Å². The summed E-state index contributed by atoms with van der Waals surface area (Å²) in [6.45, 7) is 0.542. The molecule has 4 rings (SSSR count). The number of carbonyl (C=O) groups is 1. The third kappa shape index (κ3) is 7.27. The Morgan fingerprint density at radius 2 is 1.51 bits per heavy atom. The standard InChI is InChI=1S/C29H26N2O4/c32-29(33)21-23-5-4-8-27(19-23)34-17-18-35-31-28(20-22-13-15-30-16-14-22)26-11-9-25(10-12-26)24-6-2-1-3-7-24/h1-16,19H,17-18,20-21H2,(H,32,33)/b31-28+. The van der Waals surface area contributed by atoms with Crippen LogP contribution in [0.4, 0.5) is 0 Å². The molecule has 6 heteroatoms. The Bertz CT molecular complexity index is 1260. The summed E-state index contributed by atoms with van der Waals surface area (Å²) in [5.74, 6) is -0.275. The van der Waals surface area contributed by atoms with Gasteiger partial charge in [-0.05, 0) is 52.1 Å². The first-order valence-electron chi connectivity index (χ1n) is 11.3. The third-order valence-corrected chi connectivity index (χ3v) is 5.32. The normalized spacial score (nSPS) is 11.1. The van der Waals surface area contributed by atoms with E-state index in [1.807, 2.05) is 30.3 Å². The van der Waals surface area contributed by atoms with Crippen molar-refractivity contribution in [2.45, 2.75) is 12.8 Å². The molecule has 35 heavy (non-hydrogen) atoms. The van der Waals surface area contributed by atoms with E-state index in [0.717, 1.165) is 28.0 Å². The lowest BCUT2D eigenvalue weighted by atomic mass is 9.99. The third-order valence-electron chi connectivity index (χ3n) is 5.32. The van der Waals surface area contributed by atoms with Crippen LogP contribution in [0, 0.1) is 0 Å². The number of hydrogen-bond donors (Lipinski definition) is 1. The predicted octanol–water partition coefficient (Wildman–Crippen LogP) is 5.42. The van der Waals surface area contributed by atoms with Gasteiger partial charge in [0.2, 0.25) is 0 Å². The van der Waals surface area contributed by atoms with E-state index in [4.69, 9.17) is 14.7 Å². The van der Waals surface area contributed by atoms with Crippen LogP contribution in [0.3, 0.4) is 0 Å². The molecule has 0 fully saturated rings. The van der Waals surface area contributed by atoms with Gasteiger partial charge in [0.05, 0.1) is 12.1 Å². The molecule has 0 aliphatic carbocycles. The van der Waals surface area contributed by atoms with Crippen molar-refractivity contribution in [3.05, 3.63) is 120 Å². The highest BCUT2D eigenvalue weighted by Gasteiger charge is 2.08. The zero-order valence-corrected chi connectivity index (χ0v) is 19.2. The summed E-state index contributed by atoms with van der Waals surface area (Å²) in [5.41, 5.74) is 5.85. The van der Waals surface area contributed by atoms with Crippen molar-refractivity contribution in [1.29, 1.82) is 0 Å². The summed E-state index contributed by atoms with van der Waals surface area (Å²) in [6.07, 6.45) is 4.09. The Hall–Kier alpha value is -4.45. The molecule has 4 aromatic rings. The molecule has 0 saturated heterocycles. The number of oxime groups is 1. The topological polar surface area (TPSA) is 81.0 Å². The summed E-state index contributed by atoms with van der Waals surface area (Å²) in [6, 6.07) is 29.5. The van der Waals surface area contributed by atoms with E-state index >= 15 is 0 Å². The Morgan fingerprint density at radius 3 is 2.26 bits per heavy atom. The van der Waals surface area contributed by atoms with E-state index in [2.05, 4.69) is 46.5 Å². The highest BCUT2D eigenvalue weighted by molar-refractivity contribution is 6.01. The highest BCUT2D eigenvalue weighted by atomic mass is 16.6. The Kier molecular flexibility index (Phi) is 8.22. The zero-order valence-electron chi connectivity index (χ0n) is 19.2. The number of ether oxygens (including phenoxy) is 1. The Balaban J connectivity index is 1.41. The molecule has 3 aromatic carbocycles. The van der Waals surface area contributed by atoms with Crippen molar-refractivity contribution >= 4 is 11.7 Å². The average Bonchev–Trinajstić information content (AvgIpc) is 2.89. The number of rotatable bonds is 11. The second-order valence-corrected chi connectivity index (χ2v) is 7.91. The zero-order chi connectivity index (χ0) is 24.3. The van der Waals surface area contributed by atoms with Crippen LogP contribution in [0.5, 0.6) is 5.75 Å². The van der Waals surface area contributed by atoms with Crippen molar-refractivity contribution in [1.82, 2.24) is 4.98 Å². The van der Waals surface area contributed by atoms with Gasteiger partial charge in [-0.1, -0.05) is 71.9 Å². The Labute approximate surface area is 204 Å². The molecule has 176 valence electrons. The van der Waals surface area contributed by atoms with Crippen molar-refractivity contribution in [2.24, 2.45) is 5.16 Å². The lowest BCUT2D eigenvalue weighted by Gasteiger charge is -2.10. The number of hydrogen-bond acceptors (Lipinski definition) is 5. The van der Waals surface area contributed by atoms with E-state index in [9.17, 15) is 4.79 Å². The van der Waals surface area contributed by atoms with Gasteiger partial charge in [-0.15, -0.1) is 0 Å². The highest BCUT2D eigenvalue weighted by Crippen LogP contribution is 2.20. The molecule has 0 radical (unpaired) electrons. The van der Waals surface area contributed by atoms with Gasteiger partial charge in [0.25, 0.3) is 0 Å². The lowest BCUT2D eigenvalue weighted by molar-refractivity contribution is -0.136. The van der Waals surface area contributed by atoms with Gasteiger partial charge in [-0.2, -0.15) is 0 Å². The van der Waals surface area contributed by atoms with Gasteiger partial charge in [0.1, 0.15) is 12.4 Å². The second-order valence-electron chi connectivity index (χ2n) is 7.91. The van der Waals surface area contributed by atoms with Crippen LogP contribution in [0.1, 0.15) is 16.7 Å². The monoisotopic (exact) mass is 466 g/mol. The number of carboxylic acids is 1. The minimum absolute atomic E-state index is 0.0422. The van der Waals surface area contributed by atoms with Crippen molar-refractivity contribution < 1.29 is 19.5 Å². The number of nitrogens with zero attached hydrogens (tertiary/aromatic N) is 2. The number of benzene rings is 3. The number of pyridine rings is 1. The molecule has 1 aromatic heterocycles. The van der Waals surface area contributed by atoms with Crippen LogP contribution in [0.15, 0.2) is 109 Å². The molecule has 0 amide bonds. The van der Waals surface area contributed by atoms with Gasteiger partial charge in [-0.3, -0.25) is 9.78 Å². The molecule has 0 aliphatic rings. The van der Waals surface area contributed by atoms with Gasteiger partial charge >= 0.3 is 5.97 Å². The molecule has 6 nitrogen and oxygen atoms in total. The lowest BCUT2D eigenvalue weighted by Crippen LogP contribution is -2.10. The maximum absolute atomic E-state index is 10.9. The molecular formula is C29H26N2O4. The van der Waals surface area contributed by atoms with Crippen LogP contribution in [0.2, 0.25) is 0 Å². The van der Waals surface area contributed by atoms with E-state index in [1.54, 1.807) is 36.7 Å². The van der Waals surface area contributed by atoms with Crippen molar-refractivity contribution in [3.8, 4) is 16.9 Å². The molecule has 1 N–H and O–H groups in total. The smallest absolute Gasteiger partial charge is 0.307 e. The second kappa shape index (κ2) is 12.1. The largest absolute Gasteiger partial charge is 0.490 e. The van der Waals surface area contributed by atoms with Crippen LogP contribution >= 0.6 is 0 Å². The van der Waals surface area contributed by atoms with E-state index < -0.39 is 5.97 Å². The molecule has 0 unspecified atom stereocenters. The fourth-order valence-corrected chi connectivity index (χ4v) is 3.61. The van der Waals surface area contributed by atoms with Crippen molar-refractivity contribution in [2.75, 3.05) is 13.2 Å². The first kappa shape index (κ1) is 23.7. The number of aromatic nitrogens is 1. The summed E-state index contributed by atoms with van der Waals surface area (Å²) >= 11 is 0.